The maximum absolute atomic E-state index is 6.01. The van der Waals surface area contributed by atoms with Crippen LogP contribution in [0.4, 0.5) is 0 Å². The Morgan fingerprint density at radius 2 is 2.33 bits per heavy atom. The second-order valence-electron chi connectivity index (χ2n) is 3.98. The van der Waals surface area contributed by atoms with Crippen LogP contribution in [0, 0.1) is 5.41 Å². The molecule has 0 saturated heterocycles. The lowest BCUT2D eigenvalue weighted by Crippen LogP contribution is -2.24. The largest absolute Gasteiger partial charge is 0.126 e. The molecule has 0 fully saturated rings. The fraction of sp³-hybridized carbons (Fsp3) is 0.636. The van der Waals surface area contributed by atoms with Crippen LogP contribution in [0.3, 0.4) is 0 Å². The molecule has 0 bridgehead atoms. The van der Waals surface area contributed by atoms with Crippen LogP contribution in [-0.4, -0.2) is 5.88 Å². The molecule has 0 saturated carbocycles. The third-order valence-corrected chi connectivity index (χ3v) is 3.09. The van der Waals surface area contributed by atoms with Gasteiger partial charge in [0.05, 0.1) is 0 Å². The molecule has 0 amide bonds. The number of alkyl halides is 1. The van der Waals surface area contributed by atoms with Crippen LogP contribution in [0.5, 0.6) is 0 Å². The van der Waals surface area contributed by atoms with Crippen molar-refractivity contribution in [2.24, 2.45) is 5.41 Å². The second kappa shape index (κ2) is 4.13. The van der Waals surface area contributed by atoms with Crippen molar-refractivity contribution in [3.8, 4) is 0 Å². The molecule has 0 aromatic carbocycles. The van der Waals surface area contributed by atoms with Gasteiger partial charge in [0.1, 0.15) is 0 Å². The van der Waals surface area contributed by atoms with Crippen LogP contribution < -0.4 is 0 Å². The molecule has 0 aliphatic heterocycles. The molecule has 12 heavy (non-hydrogen) atoms. The van der Waals surface area contributed by atoms with Crippen LogP contribution in [0.25, 0.3) is 0 Å². The van der Waals surface area contributed by atoms with E-state index in [0.29, 0.717) is 5.41 Å². The van der Waals surface area contributed by atoms with Crippen LogP contribution in [-0.2, 0) is 0 Å². The van der Waals surface area contributed by atoms with E-state index in [1.165, 1.54) is 18.4 Å². The third-order valence-electron chi connectivity index (χ3n) is 2.52. The normalized spacial score (nSPS) is 28.8. The van der Waals surface area contributed by atoms with Crippen LogP contribution >= 0.6 is 11.6 Å². The summed E-state index contributed by atoms with van der Waals surface area (Å²) >= 11 is 6.01. The minimum atomic E-state index is 0.322. The van der Waals surface area contributed by atoms with E-state index >= 15 is 0 Å². The van der Waals surface area contributed by atoms with Gasteiger partial charge in [-0.05, 0) is 38.0 Å². The molecule has 0 nitrogen and oxygen atoms in total. The summed E-state index contributed by atoms with van der Waals surface area (Å²) in [4.78, 5) is 0. The Hall–Kier alpha value is -0.230. The van der Waals surface area contributed by atoms with Crippen molar-refractivity contribution in [3.63, 3.8) is 0 Å². The molecule has 1 atom stereocenters. The molecule has 0 spiro atoms. The molecular formula is C11H17Cl. The van der Waals surface area contributed by atoms with Crippen LogP contribution in [0.2, 0.25) is 0 Å². The molecule has 0 radical (unpaired) electrons. The molecule has 1 aliphatic rings. The average molecular weight is 185 g/mol. The first-order valence-electron chi connectivity index (χ1n) is 4.54. The molecule has 1 heteroatoms. The second-order valence-corrected chi connectivity index (χ2v) is 4.25. The first-order chi connectivity index (χ1) is 5.68. The van der Waals surface area contributed by atoms with Gasteiger partial charge in [-0.1, -0.05) is 17.7 Å². The van der Waals surface area contributed by atoms with Gasteiger partial charge < -0.3 is 0 Å². The van der Waals surface area contributed by atoms with Gasteiger partial charge in [0.2, 0.25) is 0 Å². The zero-order chi connectivity index (χ0) is 9.03. The van der Waals surface area contributed by atoms with Crippen molar-refractivity contribution >= 4 is 11.6 Å². The Morgan fingerprint density at radius 1 is 1.58 bits per heavy atom. The maximum Gasteiger partial charge on any atom is 0.0286 e. The van der Waals surface area contributed by atoms with Gasteiger partial charge in [-0.25, -0.2) is 0 Å². The first kappa shape index (κ1) is 9.85. The minimum absolute atomic E-state index is 0.322. The van der Waals surface area contributed by atoms with Crippen molar-refractivity contribution in [2.75, 3.05) is 5.88 Å². The Balaban J connectivity index is 2.61. The molecule has 1 aliphatic carbocycles. The Bertz CT molecular complexity index is 193. The van der Waals surface area contributed by atoms with E-state index in [1.54, 1.807) is 0 Å². The van der Waals surface area contributed by atoms with Crippen molar-refractivity contribution in [2.45, 2.75) is 32.6 Å². The molecule has 0 N–H and O–H groups in total. The summed E-state index contributed by atoms with van der Waals surface area (Å²) in [5, 5.41) is 0. The number of allylic oxidation sites excluding steroid dienone is 3. The van der Waals surface area contributed by atoms with Gasteiger partial charge in [-0.15, -0.1) is 18.2 Å². The quantitative estimate of drug-likeness (QED) is 0.461. The number of rotatable bonds is 3. The molecule has 0 aromatic rings. The molecule has 68 valence electrons. The maximum atomic E-state index is 6.01. The monoisotopic (exact) mass is 184 g/mol. The summed E-state index contributed by atoms with van der Waals surface area (Å²) in [6.45, 7) is 6.05. The van der Waals surface area contributed by atoms with E-state index < -0.39 is 0 Å². The van der Waals surface area contributed by atoms with Crippen molar-refractivity contribution in [3.05, 3.63) is 24.3 Å². The molecule has 0 aromatic heterocycles. The number of halogens is 1. The molecule has 1 unspecified atom stereocenters. The van der Waals surface area contributed by atoms with Crippen molar-refractivity contribution < 1.29 is 0 Å². The van der Waals surface area contributed by atoms with E-state index in [9.17, 15) is 0 Å². The highest BCUT2D eigenvalue weighted by atomic mass is 35.5. The predicted octanol–water partition coefficient (Wildman–Crippen LogP) is 3.92. The summed E-state index contributed by atoms with van der Waals surface area (Å²) in [6.07, 6.45) is 9.13. The smallest absolute Gasteiger partial charge is 0.0286 e. The van der Waals surface area contributed by atoms with Crippen LogP contribution in [0.1, 0.15) is 32.6 Å². The summed E-state index contributed by atoms with van der Waals surface area (Å²) in [5.74, 6) is 0.768. The summed E-state index contributed by atoms with van der Waals surface area (Å²) in [6, 6.07) is 0. The van der Waals surface area contributed by atoms with Gasteiger partial charge in [0, 0.05) is 5.88 Å². The summed E-state index contributed by atoms with van der Waals surface area (Å²) in [7, 11) is 0. The predicted molar refractivity (Wildman–Crippen MR) is 55.6 cm³/mol. The third kappa shape index (κ3) is 2.38. The SMILES string of the molecule is C=C(C)CC1(CCl)CC=CCC1. The lowest BCUT2D eigenvalue weighted by atomic mass is 9.74. The Labute approximate surface area is 80.3 Å². The molecule has 0 heterocycles. The van der Waals surface area contributed by atoms with Crippen molar-refractivity contribution in [1.29, 1.82) is 0 Å². The van der Waals surface area contributed by atoms with Gasteiger partial charge in [-0.2, -0.15) is 0 Å². The minimum Gasteiger partial charge on any atom is -0.126 e. The van der Waals surface area contributed by atoms with E-state index in [0.717, 1.165) is 18.7 Å². The fourth-order valence-corrected chi connectivity index (χ4v) is 2.25. The van der Waals surface area contributed by atoms with E-state index in [-0.39, 0.29) is 0 Å². The van der Waals surface area contributed by atoms with Crippen LogP contribution in [0.15, 0.2) is 24.3 Å². The van der Waals surface area contributed by atoms with E-state index in [4.69, 9.17) is 11.6 Å². The number of hydrogen-bond acceptors (Lipinski definition) is 0. The van der Waals surface area contributed by atoms with Gasteiger partial charge in [0.25, 0.3) is 0 Å². The van der Waals surface area contributed by atoms with Gasteiger partial charge in [-0.3, -0.25) is 0 Å². The Morgan fingerprint density at radius 3 is 2.75 bits per heavy atom. The summed E-state index contributed by atoms with van der Waals surface area (Å²) < 4.78 is 0. The number of hydrogen-bond donors (Lipinski definition) is 0. The molecular weight excluding hydrogens is 168 g/mol. The summed E-state index contributed by atoms with van der Waals surface area (Å²) in [5.41, 5.74) is 1.58. The zero-order valence-corrected chi connectivity index (χ0v) is 8.53. The lowest BCUT2D eigenvalue weighted by molar-refractivity contribution is 0.295. The standard InChI is InChI=1S/C11H17Cl/c1-10(2)8-11(9-12)6-4-3-5-7-11/h3-4H,1,5-9H2,2H3. The van der Waals surface area contributed by atoms with Gasteiger partial charge >= 0.3 is 0 Å². The highest BCUT2D eigenvalue weighted by Gasteiger charge is 2.28. The topological polar surface area (TPSA) is 0 Å². The van der Waals surface area contributed by atoms with Crippen molar-refractivity contribution in [1.82, 2.24) is 0 Å². The lowest BCUT2D eigenvalue weighted by Gasteiger charge is -2.33. The van der Waals surface area contributed by atoms with E-state index in [2.05, 4.69) is 25.7 Å². The zero-order valence-electron chi connectivity index (χ0n) is 7.78. The van der Waals surface area contributed by atoms with E-state index in [1.807, 2.05) is 0 Å². The highest BCUT2D eigenvalue weighted by molar-refractivity contribution is 6.18. The highest BCUT2D eigenvalue weighted by Crippen LogP contribution is 2.39. The van der Waals surface area contributed by atoms with Gasteiger partial charge in [0.15, 0.2) is 0 Å². The molecule has 1 rings (SSSR count). The average Bonchev–Trinajstić information content (AvgIpc) is 2.05. The Kier molecular flexibility index (Phi) is 3.39. The fourth-order valence-electron chi connectivity index (χ4n) is 1.91. The first-order valence-corrected chi connectivity index (χ1v) is 5.07.